The SMILES string of the molecule is c1ccc(CC(CNC2CC2)Cc2cccs2)cc1. The van der Waals surface area contributed by atoms with Gasteiger partial charge in [0.25, 0.3) is 0 Å². The number of nitrogens with one attached hydrogen (secondary N) is 1. The quantitative estimate of drug-likeness (QED) is 0.805. The molecule has 0 radical (unpaired) electrons. The topological polar surface area (TPSA) is 12.0 Å². The first kappa shape index (κ1) is 12.9. The number of rotatable bonds is 7. The Bertz CT molecular complexity index is 473. The highest BCUT2D eigenvalue weighted by Crippen LogP contribution is 2.22. The van der Waals surface area contributed by atoms with Crippen LogP contribution in [-0.2, 0) is 12.8 Å². The van der Waals surface area contributed by atoms with Crippen molar-refractivity contribution in [2.75, 3.05) is 6.54 Å². The molecule has 1 N–H and O–H groups in total. The standard InChI is InChI=1S/C17H21NS/c1-2-5-14(6-3-1)11-15(13-18-16-8-9-16)12-17-7-4-10-19-17/h1-7,10,15-16,18H,8-9,11-13H2. The van der Waals surface area contributed by atoms with Crippen LogP contribution in [0.25, 0.3) is 0 Å². The van der Waals surface area contributed by atoms with Gasteiger partial charge >= 0.3 is 0 Å². The highest BCUT2D eigenvalue weighted by molar-refractivity contribution is 7.09. The third-order valence-electron chi connectivity index (χ3n) is 3.71. The number of hydrogen-bond acceptors (Lipinski definition) is 2. The summed E-state index contributed by atoms with van der Waals surface area (Å²) >= 11 is 1.88. The van der Waals surface area contributed by atoms with Crippen LogP contribution < -0.4 is 5.32 Å². The van der Waals surface area contributed by atoms with Gasteiger partial charge in [0.1, 0.15) is 0 Å². The zero-order valence-corrected chi connectivity index (χ0v) is 12.0. The zero-order chi connectivity index (χ0) is 12.9. The van der Waals surface area contributed by atoms with Crippen molar-refractivity contribution in [1.29, 1.82) is 0 Å². The van der Waals surface area contributed by atoms with E-state index >= 15 is 0 Å². The van der Waals surface area contributed by atoms with Crippen LogP contribution in [0.3, 0.4) is 0 Å². The van der Waals surface area contributed by atoms with E-state index in [4.69, 9.17) is 0 Å². The van der Waals surface area contributed by atoms with E-state index in [1.165, 1.54) is 36.1 Å². The van der Waals surface area contributed by atoms with Gasteiger partial charge in [-0.05, 0) is 55.2 Å². The lowest BCUT2D eigenvalue weighted by atomic mass is 9.95. The van der Waals surface area contributed by atoms with E-state index in [0.717, 1.165) is 12.6 Å². The fraction of sp³-hybridized carbons (Fsp3) is 0.412. The van der Waals surface area contributed by atoms with Crippen LogP contribution in [0, 0.1) is 5.92 Å². The van der Waals surface area contributed by atoms with Crippen LogP contribution in [0.5, 0.6) is 0 Å². The van der Waals surface area contributed by atoms with Gasteiger partial charge in [-0.3, -0.25) is 0 Å². The molecule has 2 heteroatoms. The smallest absolute Gasteiger partial charge is 0.00683 e. The molecule has 0 spiro atoms. The average Bonchev–Trinajstić information content (AvgIpc) is 3.13. The van der Waals surface area contributed by atoms with Crippen LogP contribution in [0.4, 0.5) is 0 Å². The van der Waals surface area contributed by atoms with Gasteiger partial charge in [0.15, 0.2) is 0 Å². The molecule has 3 rings (SSSR count). The monoisotopic (exact) mass is 271 g/mol. The Morgan fingerprint density at radius 2 is 1.89 bits per heavy atom. The maximum absolute atomic E-state index is 3.69. The van der Waals surface area contributed by atoms with E-state index in [2.05, 4.69) is 53.2 Å². The summed E-state index contributed by atoms with van der Waals surface area (Å²) < 4.78 is 0. The molecule has 1 nitrogen and oxygen atoms in total. The minimum absolute atomic E-state index is 0.710. The summed E-state index contributed by atoms with van der Waals surface area (Å²) in [5, 5.41) is 5.88. The molecular formula is C17H21NS. The number of thiophene rings is 1. The Hall–Kier alpha value is -1.12. The fourth-order valence-corrected chi connectivity index (χ4v) is 3.32. The molecule has 1 fully saturated rings. The Morgan fingerprint density at radius 3 is 2.58 bits per heavy atom. The highest BCUT2D eigenvalue weighted by atomic mass is 32.1. The van der Waals surface area contributed by atoms with Gasteiger partial charge < -0.3 is 5.32 Å². The Labute approximate surface area is 119 Å². The number of benzene rings is 1. The summed E-state index contributed by atoms with van der Waals surface area (Å²) in [6.07, 6.45) is 5.12. The lowest BCUT2D eigenvalue weighted by Crippen LogP contribution is -2.27. The van der Waals surface area contributed by atoms with Gasteiger partial charge in [-0.1, -0.05) is 36.4 Å². The van der Waals surface area contributed by atoms with Crippen LogP contribution in [0.2, 0.25) is 0 Å². The maximum atomic E-state index is 3.69. The Kier molecular flexibility index (Phi) is 4.31. The zero-order valence-electron chi connectivity index (χ0n) is 11.2. The molecule has 1 saturated carbocycles. The van der Waals surface area contributed by atoms with Gasteiger partial charge in [-0.15, -0.1) is 11.3 Å². The molecule has 1 atom stereocenters. The molecule has 1 aromatic heterocycles. The first-order valence-electron chi connectivity index (χ1n) is 7.20. The summed E-state index contributed by atoms with van der Waals surface area (Å²) in [6.45, 7) is 1.15. The lowest BCUT2D eigenvalue weighted by molar-refractivity contribution is 0.471. The first-order chi connectivity index (χ1) is 9.40. The van der Waals surface area contributed by atoms with Gasteiger partial charge in [0.05, 0.1) is 0 Å². The van der Waals surface area contributed by atoms with E-state index in [1.807, 2.05) is 11.3 Å². The molecule has 1 aromatic carbocycles. The molecule has 1 aliphatic rings. The van der Waals surface area contributed by atoms with E-state index < -0.39 is 0 Å². The van der Waals surface area contributed by atoms with Crippen LogP contribution in [0.15, 0.2) is 47.8 Å². The molecule has 0 amide bonds. The van der Waals surface area contributed by atoms with E-state index in [-0.39, 0.29) is 0 Å². The normalized spacial score (nSPS) is 16.4. The van der Waals surface area contributed by atoms with Crippen LogP contribution >= 0.6 is 11.3 Å². The maximum Gasteiger partial charge on any atom is 0.00683 e. The molecule has 100 valence electrons. The average molecular weight is 271 g/mol. The van der Waals surface area contributed by atoms with Crippen LogP contribution in [0.1, 0.15) is 23.3 Å². The van der Waals surface area contributed by atoms with E-state index in [0.29, 0.717) is 5.92 Å². The second kappa shape index (κ2) is 6.36. The molecule has 19 heavy (non-hydrogen) atoms. The van der Waals surface area contributed by atoms with Crippen molar-refractivity contribution in [1.82, 2.24) is 5.32 Å². The molecule has 2 aromatic rings. The summed E-state index contributed by atoms with van der Waals surface area (Å²) in [5.74, 6) is 0.710. The molecular weight excluding hydrogens is 250 g/mol. The molecule has 1 unspecified atom stereocenters. The fourth-order valence-electron chi connectivity index (χ4n) is 2.50. The van der Waals surface area contributed by atoms with Gasteiger partial charge in [0, 0.05) is 10.9 Å². The first-order valence-corrected chi connectivity index (χ1v) is 8.08. The Morgan fingerprint density at radius 1 is 1.05 bits per heavy atom. The minimum atomic E-state index is 0.710. The molecule has 1 heterocycles. The predicted octanol–water partition coefficient (Wildman–Crippen LogP) is 3.90. The molecule has 1 aliphatic carbocycles. The molecule has 0 aliphatic heterocycles. The van der Waals surface area contributed by atoms with Gasteiger partial charge in [0.2, 0.25) is 0 Å². The van der Waals surface area contributed by atoms with Crippen molar-refractivity contribution in [2.45, 2.75) is 31.7 Å². The third kappa shape index (κ3) is 4.19. The molecule has 0 saturated heterocycles. The molecule has 0 bridgehead atoms. The third-order valence-corrected chi connectivity index (χ3v) is 4.61. The predicted molar refractivity (Wildman–Crippen MR) is 82.7 cm³/mol. The summed E-state index contributed by atoms with van der Waals surface area (Å²) in [4.78, 5) is 1.51. The van der Waals surface area contributed by atoms with Crippen molar-refractivity contribution in [3.8, 4) is 0 Å². The highest BCUT2D eigenvalue weighted by Gasteiger charge is 2.22. The summed E-state index contributed by atoms with van der Waals surface area (Å²) in [6, 6.07) is 16.1. The van der Waals surface area contributed by atoms with Gasteiger partial charge in [-0.2, -0.15) is 0 Å². The van der Waals surface area contributed by atoms with E-state index in [9.17, 15) is 0 Å². The second-order valence-corrected chi connectivity index (χ2v) is 6.55. The minimum Gasteiger partial charge on any atom is -0.314 e. The second-order valence-electron chi connectivity index (χ2n) is 5.52. The number of hydrogen-bond donors (Lipinski definition) is 1. The lowest BCUT2D eigenvalue weighted by Gasteiger charge is -2.17. The van der Waals surface area contributed by atoms with Gasteiger partial charge in [-0.25, -0.2) is 0 Å². The Balaban J connectivity index is 1.60. The van der Waals surface area contributed by atoms with Crippen molar-refractivity contribution in [3.05, 3.63) is 58.3 Å². The van der Waals surface area contributed by atoms with Crippen LogP contribution in [-0.4, -0.2) is 12.6 Å². The van der Waals surface area contributed by atoms with Crippen molar-refractivity contribution in [2.24, 2.45) is 5.92 Å². The van der Waals surface area contributed by atoms with Crippen molar-refractivity contribution >= 4 is 11.3 Å². The van der Waals surface area contributed by atoms with Crippen molar-refractivity contribution in [3.63, 3.8) is 0 Å². The van der Waals surface area contributed by atoms with Crippen molar-refractivity contribution < 1.29 is 0 Å². The summed E-state index contributed by atoms with van der Waals surface area (Å²) in [7, 11) is 0. The largest absolute Gasteiger partial charge is 0.314 e. The summed E-state index contributed by atoms with van der Waals surface area (Å²) in [5.41, 5.74) is 1.46. The van der Waals surface area contributed by atoms with E-state index in [1.54, 1.807) is 0 Å².